The van der Waals surface area contributed by atoms with Crippen LogP contribution < -0.4 is 5.73 Å². The zero-order valence-corrected chi connectivity index (χ0v) is 10.4. The Kier molecular flexibility index (Phi) is 2.84. The normalized spacial score (nSPS) is 10.8. The van der Waals surface area contributed by atoms with Crippen LogP contribution in [-0.2, 0) is 11.2 Å². The summed E-state index contributed by atoms with van der Waals surface area (Å²) in [5, 5.41) is 1.06. The molecule has 1 aromatic heterocycles. The average molecular weight is 228 g/mol. The number of primary amides is 1. The van der Waals surface area contributed by atoms with Gasteiger partial charge in [0.25, 0.3) is 0 Å². The number of amides is 1. The van der Waals surface area contributed by atoms with Gasteiger partial charge in [-0.25, -0.2) is 0 Å². The van der Waals surface area contributed by atoms with Gasteiger partial charge in [-0.1, -0.05) is 12.1 Å². The van der Waals surface area contributed by atoms with Crippen LogP contribution in [0.15, 0.2) is 18.2 Å². The largest absolute Gasteiger partial charge is 0.369 e. The fraction of sp³-hybridized carbons (Fsp3) is 0.286. The number of rotatable bonds is 2. The molecule has 0 aliphatic carbocycles. The van der Waals surface area contributed by atoms with Crippen LogP contribution in [0.1, 0.15) is 22.4 Å². The molecule has 88 valence electrons. The molecule has 0 aliphatic rings. The average Bonchev–Trinajstić information content (AvgIpc) is 2.22. The summed E-state index contributed by atoms with van der Waals surface area (Å²) in [7, 11) is 0. The predicted octanol–water partition coefficient (Wildman–Crippen LogP) is 2.19. The Bertz CT molecular complexity index is 603. The maximum Gasteiger partial charge on any atom is 0.221 e. The van der Waals surface area contributed by atoms with Crippen molar-refractivity contribution in [1.29, 1.82) is 0 Å². The van der Waals surface area contributed by atoms with E-state index in [2.05, 4.69) is 17.1 Å². The molecule has 0 fully saturated rings. The number of pyridine rings is 1. The van der Waals surface area contributed by atoms with Gasteiger partial charge in [0.15, 0.2) is 0 Å². The second-order valence-corrected chi connectivity index (χ2v) is 4.49. The van der Waals surface area contributed by atoms with Crippen LogP contribution >= 0.6 is 0 Å². The summed E-state index contributed by atoms with van der Waals surface area (Å²) in [4.78, 5) is 15.7. The van der Waals surface area contributed by atoms with E-state index in [-0.39, 0.29) is 12.3 Å². The molecular weight excluding hydrogens is 212 g/mol. The highest BCUT2D eigenvalue weighted by atomic mass is 16.1. The van der Waals surface area contributed by atoms with Crippen molar-refractivity contribution in [2.75, 3.05) is 0 Å². The third kappa shape index (κ3) is 2.13. The molecule has 2 aromatic rings. The molecule has 1 amide bonds. The predicted molar refractivity (Wildman–Crippen MR) is 68.9 cm³/mol. The van der Waals surface area contributed by atoms with Crippen molar-refractivity contribution in [1.82, 2.24) is 4.98 Å². The minimum Gasteiger partial charge on any atom is -0.369 e. The number of carbonyl (C=O) groups excluding carboxylic acids is 1. The molecule has 1 aromatic carbocycles. The monoisotopic (exact) mass is 228 g/mol. The second-order valence-electron chi connectivity index (χ2n) is 4.49. The Hall–Kier alpha value is -1.90. The molecule has 3 heteroatoms. The number of benzene rings is 1. The molecule has 1 heterocycles. The van der Waals surface area contributed by atoms with Crippen LogP contribution in [0.3, 0.4) is 0 Å². The lowest BCUT2D eigenvalue weighted by molar-refractivity contribution is -0.117. The number of nitrogens with two attached hydrogens (primary N) is 1. The highest BCUT2D eigenvalue weighted by molar-refractivity contribution is 5.91. The Morgan fingerprint density at radius 3 is 2.53 bits per heavy atom. The smallest absolute Gasteiger partial charge is 0.221 e. The van der Waals surface area contributed by atoms with E-state index in [1.807, 2.05) is 26.8 Å². The molecule has 2 N–H and O–H groups in total. The van der Waals surface area contributed by atoms with Gasteiger partial charge in [0.1, 0.15) is 0 Å². The van der Waals surface area contributed by atoms with Crippen molar-refractivity contribution in [3.63, 3.8) is 0 Å². The van der Waals surface area contributed by atoms with Crippen LogP contribution in [0.25, 0.3) is 10.9 Å². The van der Waals surface area contributed by atoms with Crippen LogP contribution in [0.2, 0.25) is 0 Å². The first-order chi connectivity index (χ1) is 7.99. The third-order valence-corrected chi connectivity index (χ3v) is 2.95. The SMILES string of the molecule is Cc1cc(CC(N)=O)c2c(C)ccc(C)c2n1. The Morgan fingerprint density at radius 2 is 1.88 bits per heavy atom. The minimum absolute atomic E-state index is 0.268. The number of hydrogen-bond acceptors (Lipinski definition) is 2. The molecule has 0 spiro atoms. The summed E-state index contributed by atoms with van der Waals surface area (Å²) in [6.07, 6.45) is 0.268. The van der Waals surface area contributed by atoms with Gasteiger partial charge in [0, 0.05) is 11.1 Å². The lowest BCUT2D eigenvalue weighted by Gasteiger charge is -2.11. The number of hydrogen-bond donors (Lipinski definition) is 1. The van der Waals surface area contributed by atoms with E-state index in [1.165, 1.54) is 0 Å². The summed E-state index contributed by atoms with van der Waals surface area (Å²) < 4.78 is 0. The molecule has 0 saturated carbocycles. The molecule has 0 radical (unpaired) electrons. The van der Waals surface area contributed by atoms with E-state index in [0.717, 1.165) is 33.3 Å². The quantitative estimate of drug-likeness (QED) is 0.856. The minimum atomic E-state index is -0.308. The zero-order chi connectivity index (χ0) is 12.6. The van der Waals surface area contributed by atoms with E-state index >= 15 is 0 Å². The molecular formula is C14H16N2O. The number of aromatic nitrogens is 1. The summed E-state index contributed by atoms with van der Waals surface area (Å²) >= 11 is 0. The molecule has 0 bridgehead atoms. The van der Waals surface area contributed by atoms with Crippen molar-refractivity contribution >= 4 is 16.8 Å². The van der Waals surface area contributed by atoms with Crippen molar-refractivity contribution in [2.45, 2.75) is 27.2 Å². The summed E-state index contributed by atoms with van der Waals surface area (Å²) in [6, 6.07) is 6.05. The van der Waals surface area contributed by atoms with Crippen molar-refractivity contribution < 1.29 is 4.79 Å². The van der Waals surface area contributed by atoms with E-state index in [9.17, 15) is 4.79 Å². The highest BCUT2D eigenvalue weighted by Crippen LogP contribution is 2.25. The number of nitrogens with zero attached hydrogens (tertiary/aromatic N) is 1. The van der Waals surface area contributed by atoms with Crippen LogP contribution in [0, 0.1) is 20.8 Å². The molecule has 3 nitrogen and oxygen atoms in total. The third-order valence-electron chi connectivity index (χ3n) is 2.95. The lowest BCUT2D eigenvalue weighted by Crippen LogP contribution is -2.14. The molecule has 0 atom stereocenters. The molecule has 0 unspecified atom stereocenters. The van der Waals surface area contributed by atoms with Gasteiger partial charge in [0.05, 0.1) is 11.9 Å². The number of aryl methyl sites for hydroxylation is 3. The van der Waals surface area contributed by atoms with Gasteiger partial charge in [-0.15, -0.1) is 0 Å². The summed E-state index contributed by atoms with van der Waals surface area (Å²) in [5.41, 5.74) is 10.4. The van der Waals surface area contributed by atoms with Crippen LogP contribution in [0.4, 0.5) is 0 Å². The maximum absolute atomic E-state index is 11.1. The van der Waals surface area contributed by atoms with E-state index in [0.29, 0.717) is 0 Å². The van der Waals surface area contributed by atoms with Crippen molar-refractivity contribution in [3.8, 4) is 0 Å². The molecule has 2 rings (SSSR count). The van der Waals surface area contributed by atoms with E-state index < -0.39 is 0 Å². The highest BCUT2D eigenvalue weighted by Gasteiger charge is 2.10. The van der Waals surface area contributed by atoms with E-state index in [1.54, 1.807) is 0 Å². The Balaban J connectivity index is 2.82. The van der Waals surface area contributed by atoms with Crippen LogP contribution in [0.5, 0.6) is 0 Å². The van der Waals surface area contributed by atoms with Gasteiger partial charge in [-0.3, -0.25) is 9.78 Å². The van der Waals surface area contributed by atoms with Gasteiger partial charge < -0.3 is 5.73 Å². The molecule has 0 saturated heterocycles. The fourth-order valence-corrected chi connectivity index (χ4v) is 2.21. The van der Waals surface area contributed by atoms with Gasteiger partial charge >= 0.3 is 0 Å². The molecule has 0 aliphatic heterocycles. The van der Waals surface area contributed by atoms with Crippen LogP contribution in [-0.4, -0.2) is 10.9 Å². The first-order valence-electron chi connectivity index (χ1n) is 5.64. The van der Waals surface area contributed by atoms with Gasteiger partial charge in [-0.05, 0) is 43.5 Å². The van der Waals surface area contributed by atoms with Gasteiger partial charge in [0.2, 0.25) is 5.91 Å². The van der Waals surface area contributed by atoms with E-state index in [4.69, 9.17) is 5.73 Å². The number of fused-ring (bicyclic) bond motifs is 1. The lowest BCUT2D eigenvalue weighted by atomic mass is 9.98. The summed E-state index contributed by atoms with van der Waals surface area (Å²) in [6.45, 7) is 6.00. The zero-order valence-electron chi connectivity index (χ0n) is 10.4. The topological polar surface area (TPSA) is 56.0 Å². The maximum atomic E-state index is 11.1. The second kappa shape index (κ2) is 4.17. The standard InChI is InChI=1S/C14H16N2O/c1-8-4-5-9(2)14-13(8)11(7-12(15)17)6-10(3)16-14/h4-6H,7H2,1-3H3,(H2,15,17). The fourth-order valence-electron chi connectivity index (χ4n) is 2.21. The number of carbonyl (C=O) groups is 1. The van der Waals surface area contributed by atoms with Crippen molar-refractivity contribution in [2.24, 2.45) is 5.73 Å². The Labute approximate surface area is 101 Å². The first-order valence-corrected chi connectivity index (χ1v) is 5.64. The van der Waals surface area contributed by atoms with Crippen molar-refractivity contribution in [3.05, 3.63) is 40.6 Å². The Morgan fingerprint density at radius 1 is 1.24 bits per heavy atom. The summed E-state index contributed by atoms with van der Waals surface area (Å²) in [5.74, 6) is -0.308. The first kappa shape index (κ1) is 11.6. The molecule has 17 heavy (non-hydrogen) atoms. The van der Waals surface area contributed by atoms with Gasteiger partial charge in [-0.2, -0.15) is 0 Å².